The molecule has 0 rings (SSSR count). The van der Waals surface area contributed by atoms with Crippen LogP contribution in [0.3, 0.4) is 0 Å². The lowest BCUT2D eigenvalue weighted by Gasteiger charge is -2.05. The van der Waals surface area contributed by atoms with E-state index < -0.39 is 0 Å². The summed E-state index contributed by atoms with van der Waals surface area (Å²) in [5, 5.41) is 6.05. The van der Waals surface area contributed by atoms with Crippen molar-refractivity contribution >= 4 is 5.91 Å². The Hall–Kier alpha value is -0.650. The lowest BCUT2D eigenvalue weighted by molar-refractivity contribution is -0.121. The maximum Gasteiger partial charge on any atom is 0.220 e. The standard InChI is InChI=1S/C10H24N4O/c11-5-2-8-13-7-1-4-10(15)14-9-3-6-12/h13H,1-9,11-12H2,(H,14,15). The SMILES string of the molecule is NCCCNCCCC(=O)NCCCN. The van der Waals surface area contributed by atoms with Crippen LogP contribution in [0.15, 0.2) is 0 Å². The van der Waals surface area contributed by atoms with E-state index in [2.05, 4.69) is 10.6 Å². The van der Waals surface area contributed by atoms with Gasteiger partial charge in [0, 0.05) is 13.0 Å². The normalized spacial score (nSPS) is 10.3. The molecule has 0 aromatic rings. The van der Waals surface area contributed by atoms with Crippen molar-refractivity contribution in [3.8, 4) is 0 Å². The third-order valence-corrected chi connectivity index (χ3v) is 2.02. The molecule has 5 heteroatoms. The van der Waals surface area contributed by atoms with Crippen molar-refractivity contribution in [3.63, 3.8) is 0 Å². The fourth-order valence-electron chi connectivity index (χ4n) is 1.14. The number of amides is 1. The van der Waals surface area contributed by atoms with Crippen LogP contribution in [0.4, 0.5) is 0 Å². The molecule has 15 heavy (non-hydrogen) atoms. The van der Waals surface area contributed by atoms with Gasteiger partial charge in [-0.3, -0.25) is 4.79 Å². The molecule has 0 spiro atoms. The number of hydrogen-bond acceptors (Lipinski definition) is 4. The summed E-state index contributed by atoms with van der Waals surface area (Å²) in [5.74, 6) is 0.115. The molecule has 0 fully saturated rings. The van der Waals surface area contributed by atoms with Crippen LogP contribution in [0.2, 0.25) is 0 Å². The average Bonchev–Trinajstić information content (AvgIpc) is 2.23. The van der Waals surface area contributed by atoms with Crippen LogP contribution < -0.4 is 22.1 Å². The molecule has 0 aliphatic heterocycles. The molecule has 0 saturated heterocycles. The number of hydrogen-bond donors (Lipinski definition) is 4. The Morgan fingerprint density at radius 3 is 2.20 bits per heavy atom. The third-order valence-electron chi connectivity index (χ3n) is 2.02. The fraction of sp³-hybridized carbons (Fsp3) is 0.900. The zero-order valence-electron chi connectivity index (χ0n) is 9.43. The Morgan fingerprint density at radius 2 is 1.53 bits per heavy atom. The average molecular weight is 216 g/mol. The molecule has 6 N–H and O–H groups in total. The number of carbonyl (C=O) groups is 1. The molecule has 90 valence electrons. The Morgan fingerprint density at radius 1 is 0.933 bits per heavy atom. The van der Waals surface area contributed by atoms with E-state index in [-0.39, 0.29) is 5.91 Å². The molecule has 0 heterocycles. The van der Waals surface area contributed by atoms with Gasteiger partial charge in [-0.1, -0.05) is 0 Å². The van der Waals surface area contributed by atoms with Crippen molar-refractivity contribution in [2.24, 2.45) is 11.5 Å². The van der Waals surface area contributed by atoms with E-state index in [9.17, 15) is 4.79 Å². The van der Waals surface area contributed by atoms with Gasteiger partial charge in [0.1, 0.15) is 0 Å². The number of carbonyl (C=O) groups excluding carboxylic acids is 1. The first-order valence-corrected chi connectivity index (χ1v) is 5.68. The highest BCUT2D eigenvalue weighted by Gasteiger charge is 1.98. The fourth-order valence-corrected chi connectivity index (χ4v) is 1.14. The summed E-state index contributed by atoms with van der Waals surface area (Å²) < 4.78 is 0. The van der Waals surface area contributed by atoms with Gasteiger partial charge in [-0.25, -0.2) is 0 Å². The van der Waals surface area contributed by atoms with Gasteiger partial charge >= 0.3 is 0 Å². The quantitative estimate of drug-likeness (QED) is 0.359. The van der Waals surface area contributed by atoms with E-state index in [0.717, 1.165) is 32.4 Å². The second-order valence-electron chi connectivity index (χ2n) is 3.49. The first kappa shape index (κ1) is 14.3. The van der Waals surface area contributed by atoms with E-state index in [4.69, 9.17) is 11.5 Å². The van der Waals surface area contributed by atoms with E-state index in [1.165, 1.54) is 0 Å². The maximum absolute atomic E-state index is 11.2. The highest BCUT2D eigenvalue weighted by molar-refractivity contribution is 5.75. The number of nitrogens with one attached hydrogen (secondary N) is 2. The molecule has 0 radical (unpaired) electrons. The lowest BCUT2D eigenvalue weighted by Crippen LogP contribution is -2.27. The second kappa shape index (κ2) is 11.4. The zero-order chi connectivity index (χ0) is 11.4. The van der Waals surface area contributed by atoms with Crippen molar-refractivity contribution in [1.29, 1.82) is 0 Å². The van der Waals surface area contributed by atoms with Gasteiger partial charge in [-0.15, -0.1) is 0 Å². The molecule has 5 nitrogen and oxygen atoms in total. The number of nitrogens with two attached hydrogens (primary N) is 2. The first-order chi connectivity index (χ1) is 7.31. The van der Waals surface area contributed by atoms with E-state index in [1.807, 2.05) is 0 Å². The van der Waals surface area contributed by atoms with Crippen molar-refractivity contribution in [1.82, 2.24) is 10.6 Å². The van der Waals surface area contributed by atoms with Crippen LogP contribution in [-0.2, 0) is 4.79 Å². The second-order valence-corrected chi connectivity index (χ2v) is 3.49. The maximum atomic E-state index is 11.2. The van der Waals surface area contributed by atoms with Crippen LogP contribution in [0.5, 0.6) is 0 Å². The molecular formula is C10H24N4O. The summed E-state index contributed by atoms with van der Waals surface area (Å²) >= 11 is 0. The molecule has 0 unspecified atom stereocenters. The summed E-state index contributed by atoms with van der Waals surface area (Å²) in [4.78, 5) is 11.2. The molecule has 1 amide bonds. The molecule has 0 aliphatic carbocycles. The topological polar surface area (TPSA) is 93.2 Å². The van der Waals surface area contributed by atoms with Crippen LogP contribution in [0, 0.1) is 0 Å². The van der Waals surface area contributed by atoms with Gasteiger partial charge in [0.2, 0.25) is 5.91 Å². The van der Waals surface area contributed by atoms with Gasteiger partial charge < -0.3 is 22.1 Å². The van der Waals surface area contributed by atoms with E-state index in [0.29, 0.717) is 26.1 Å². The molecule has 0 aliphatic rings. The van der Waals surface area contributed by atoms with Crippen molar-refractivity contribution in [3.05, 3.63) is 0 Å². The molecular weight excluding hydrogens is 192 g/mol. The Balaban J connectivity index is 3.10. The van der Waals surface area contributed by atoms with Gasteiger partial charge in [-0.05, 0) is 45.4 Å². The largest absolute Gasteiger partial charge is 0.356 e. The van der Waals surface area contributed by atoms with Crippen LogP contribution >= 0.6 is 0 Å². The Bertz CT molecular complexity index is 152. The van der Waals surface area contributed by atoms with Crippen LogP contribution in [-0.4, -0.2) is 38.6 Å². The first-order valence-electron chi connectivity index (χ1n) is 5.68. The van der Waals surface area contributed by atoms with Crippen molar-refractivity contribution in [2.75, 3.05) is 32.7 Å². The summed E-state index contributed by atoms with van der Waals surface area (Å²) in [6, 6.07) is 0. The molecule has 0 bridgehead atoms. The molecule has 0 aromatic carbocycles. The lowest BCUT2D eigenvalue weighted by atomic mass is 10.3. The number of rotatable bonds is 10. The summed E-state index contributed by atoms with van der Waals surface area (Å²) in [6.45, 7) is 3.85. The molecule has 0 saturated carbocycles. The predicted octanol–water partition coefficient (Wildman–Crippen LogP) is -0.830. The summed E-state index contributed by atoms with van der Waals surface area (Å²) in [5.41, 5.74) is 10.7. The predicted molar refractivity (Wildman–Crippen MR) is 62.5 cm³/mol. The summed E-state index contributed by atoms with van der Waals surface area (Å²) in [7, 11) is 0. The van der Waals surface area contributed by atoms with E-state index >= 15 is 0 Å². The summed E-state index contributed by atoms with van der Waals surface area (Å²) in [6.07, 6.45) is 3.29. The highest BCUT2D eigenvalue weighted by atomic mass is 16.1. The highest BCUT2D eigenvalue weighted by Crippen LogP contribution is 1.87. The minimum atomic E-state index is 0.115. The monoisotopic (exact) mass is 216 g/mol. The molecule has 0 aromatic heterocycles. The zero-order valence-corrected chi connectivity index (χ0v) is 9.43. The van der Waals surface area contributed by atoms with Crippen molar-refractivity contribution in [2.45, 2.75) is 25.7 Å². The van der Waals surface area contributed by atoms with Gasteiger partial charge in [0.25, 0.3) is 0 Å². The van der Waals surface area contributed by atoms with Crippen LogP contribution in [0.1, 0.15) is 25.7 Å². The minimum absolute atomic E-state index is 0.115. The minimum Gasteiger partial charge on any atom is -0.356 e. The third kappa shape index (κ3) is 11.3. The molecule has 0 atom stereocenters. The Labute approximate surface area is 92.0 Å². The van der Waals surface area contributed by atoms with Gasteiger partial charge in [0.05, 0.1) is 0 Å². The van der Waals surface area contributed by atoms with Crippen LogP contribution in [0.25, 0.3) is 0 Å². The van der Waals surface area contributed by atoms with Gasteiger partial charge in [0.15, 0.2) is 0 Å². The smallest absolute Gasteiger partial charge is 0.220 e. The van der Waals surface area contributed by atoms with Gasteiger partial charge in [-0.2, -0.15) is 0 Å². The van der Waals surface area contributed by atoms with E-state index in [1.54, 1.807) is 0 Å². The van der Waals surface area contributed by atoms with Crippen molar-refractivity contribution < 1.29 is 4.79 Å². The Kier molecular flexibility index (Phi) is 10.9.